The first-order valence-corrected chi connectivity index (χ1v) is 5.77. The highest BCUT2D eigenvalue weighted by molar-refractivity contribution is 6.30. The zero-order chi connectivity index (χ0) is 12.7. The number of amides is 1. The summed E-state index contributed by atoms with van der Waals surface area (Å²) in [4.78, 5) is 13.0. The number of hydrogen-bond donors (Lipinski definition) is 0. The molecule has 0 heterocycles. The molecule has 0 aliphatic rings. The minimum Gasteiger partial charge on any atom is -0.492 e. The Balaban J connectivity index is 2.35. The van der Waals surface area contributed by atoms with Crippen molar-refractivity contribution >= 4 is 17.5 Å². The van der Waals surface area contributed by atoms with Crippen molar-refractivity contribution in [2.24, 2.45) is 0 Å². The molecule has 1 amide bonds. The van der Waals surface area contributed by atoms with Gasteiger partial charge in [-0.05, 0) is 31.2 Å². The number of carbonyl (C=O) groups is 1. The largest absolute Gasteiger partial charge is 0.492 e. The lowest BCUT2D eigenvalue weighted by molar-refractivity contribution is -0.125. The molecule has 0 unspecified atom stereocenters. The third-order valence-electron chi connectivity index (χ3n) is 2.18. The number of halogens is 1. The second-order valence-corrected chi connectivity index (χ2v) is 4.00. The molecule has 1 aromatic rings. The van der Waals surface area contributed by atoms with E-state index in [-0.39, 0.29) is 5.91 Å². The van der Waals surface area contributed by atoms with E-state index in [1.807, 2.05) is 19.1 Å². The van der Waals surface area contributed by atoms with E-state index in [0.717, 1.165) is 0 Å². The second kappa shape index (κ2) is 6.97. The van der Waals surface area contributed by atoms with Gasteiger partial charge in [-0.15, -0.1) is 0 Å². The van der Waals surface area contributed by atoms with Crippen molar-refractivity contribution in [1.82, 2.24) is 4.90 Å². The Morgan fingerprint density at radius 3 is 2.94 bits per heavy atom. The van der Waals surface area contributed by atoms with Crippen molar-refractivity contribution in [3.8, 4) is 5.75 Å². The molecule has 0 atom stereocenters. The molecule has 0 spiro atoms. The van der Waals surface area contributed by atoms with Crippen molar-refractivity contribution in [2.75, 3.05) is 20.2 Å². The van der Waals surface area contributed by atoms with E-state index in [9.17, 15) is 4.79 Å². The van der Waals surface area contributed by atoms with Crippen molar-refractivity contribution in [3.05, 3.63) is 41.4 Å². The molecule has 0 aromatic heterocycles. The van der Waals surface area contributed by atoms with Gasteiger partial charge in [-0.2, -0.15) is 0 Å². The number of carbonyl (C=O) groups excluding carboxylic acids is 1. The lowest BCUT2D eigenvalue weighted by atomic mass is 10.3. The molecule has 1 aromatic carbocycles. The molecule has 92 valence electrons. The van der Waals surface area contributed by atoms with Gasteiger partial charge in [-0.25, -0.2) is 0 Å². The van der Waals surface area contributed by atoms with Crippen LogP contribution in [0.15, 0.2) is 36.4 Å². The third-order valence-corrected chi connectivity index (χ3v) is 2.41. The molecule has 0 radical (unpaired) electrons. The van der Waals surface area contributed by atoms with Crippen LogP contribution in [0.3, 0.4) is 0 Å². The van der Waals surface area contributed by atoms with Crippen LogP contribution in [-0.2, 0) is 4.79 Å². The number of likely N-dealkylation sites (N-methyl/N-ethyl adjacent to an activating group) is 1. The monoisotopic (exact) mass is 253 g/mol. The van der Waals surface area contributed by atoms with Gasteiger partial charge in [0.25, 0.3) is 0 Å². The molecule has 0 aliphatic carbocycles. The van der Waals surface area contributed by atoms with Crippen LogP contribution in [0.25, 0.3) is 0 Å². The van der Waals surface area contributed by atoms with Crippen molar-refractivity contribution in [2.45, 2.75) is 6.92 Å². The van der Waals surface area contributed by atoms with Gasteiger partial charge in [0.2, 0.25) is 5.91 Å². The van der Waals surface area contributed by atoms with E-state index >= 15 is 0 Å². The smallest absolute Gasteiger partial charge is 0.246 e. The molecule has 4 heteroatoms. The normalized spacial score (nSPS) is 10.5. The van der Waals surface area contributed by atoms with Crippen LogP contribution in [-0.4, -0.2) is 31.0 Å². The molecule has 0 saturated heterocycles. The van der Waals surface area contributed by atoms with Gasteiger partial charge in [0.15, 0.2) is 0 Å². The number of allylic oxidation sites excluding steroid dienone is 1. The maximum atomic E-state index is 11.4. The lowest BCUT2D eigenvalue weighted by Gasteiger charge is -2.15. The van der Waals surface area contributed by atoms with Crippen molar-refractivity contribution in [1.29, 1.82) is 0 Å². The number of nitrogens with zero attached hydrogens (tertiary/aromatic N) is 1. The Morgan fingerprint density at radius 2 is 2.29 bits per heavy atom. The Morgan fingerprint density at radius 1 is 1.53 bits per heavy atom. The predicted octanol–water partition coefficient (Wildman–Crippen LogP) is 2.75. The molecule has 1 rings (SSSR count). The summed E-state index contributed by atoms with van der Waals surface area (Å²) in [6, 6.07) is 7.19. The first-order chi connectivity index (χ1) is 8.13. The molecule has 0 saturated carbocycles. The molecule has 0 N–H and O–H groups in total. The van der Waals surface area contributed by atoms with Crippen molar-refractivity contribution in [3.63, 3.8) is 0 Å². The average Bonchev–Trinajstić information content (AvgIpc) is 2.29. The molecule has 0 bridgehead atoms. The lowest BCUT2D eigenvalue weighted by Crippen LogP contribution is -2.29. The van der Waals surface area contributed by atoms with Crippen LogP contribution in [0.4, 0.5) is 0 Å². The molecule has 3 nitrogen and oxygen atoms in total. The molecule has 0 aliphatic heterocycles. The van der Waals surface area contributed by atoms with Gasteiger partial charge in [-0.3, -0.25) is 4.79 Å². The summed E-state index contributed by atoms with van der Waals surface area (Å²) in [6.07, 6.45) is 3.25. The number of hydrogen-bond acceptors (Lipinski definition) is 2. The van der Waals surface area contributed by atoms with Crippen LogP contribution in [0, 0.1) is 0 Å². The quantitative estimate of drug-likeness (QED) is 0.756. The van der Waals surface area contributed by atoms with E-state index in [0.29, 0.717) is 23.9 Å². The van der Waals surface area contributed by atoms with Crippen LogP contribution < -0.4 is 4.74 Å². The van der Waals surface area contributed by atoms with E-state index < -0.39 is 0 Å². The fraction of sp³-hybridized carbons (Fsp3) is 0.308. The first-order valence-electron chi connectivity index (χ1n) is 5.39. The van der Waals surface area contributed by atoms with E-state index in [2.05, 4.69) is 0 Å². The minimum absolute atomic E-state index is 0.0257. The number of ether oxygens (including phenoxy) is 1. The van der Waals surface area contributed by atoms with Gasteiger partial charge < -0.3 is 9.64 Å². The third kappa shape index (κ3) is 4.91. The number of benzene rings is 1. The Labute approximate surface area is 107 Å². The zero-order valence-electron chi connectivity index (χ0n) is 10.0. The Bertz CT molecular complexity index is 404. The standard InChI is InChI=1S/C13H16ClNO2/c1-3-5-13(16)15(2)8-9-17-12-7-4-6-11(14)10-12/h3-7,10H,8-9H2,1-2H3. The van der Waals surface area contributed by atoms with Crippen molar-refractivity contribution < 1.29 is 9.53 Å². The summed E-state index contributed by atoms with van der Waals surface area (Å²) in [7, 11) is 1.74. The number of rotatable bonds is 5. The van der Waals surface area contributed by atoms with Crippen LogP contribution in [0.1, 0.15) is 6.92 Å². The summed E-state index contributed by atoms with van der Waals surface area (Å²) in [5.41, 5.74) is 0. The maximum Gasteiger partial charge on any atom is 0.246 e. The summed E-state index contributed by atoms with van der Waals surface area (Å²) in [5, 5.41) is 0.640. The van der Waals surface area contributed by atoms with Gasteiger partial charge in [0.05, 0.1) is 6.54 Å². The Hall–Kier alpha value is -1.48. The fourth-order valence-corrected chi connectivity index (χ4v) is 1.42. The molecular weight excluding hydrogens is 238 g/mol. The SMILES string of the molecule is CC=CC(=O)N(C)CCOc1cccc(Cl)c1. The average molecular weight is 254 g/mol. The van der Waals surface area contributed by atoms with Gasteiger partial charge in [0.1, 0.15) is 12.4 Å². The summed E-state index contributed by atoms with van der Waals surface area (Å²) in [6.45, 7) is 2.80. The van der Waals surface area contributed by atoms with Crippen LogP contribution in [0.5, 0.6) is 5.75 Å². The van der Waals surface area contributed by atoms with Gasteiger partial charge in [0, 0.05) is 12.1 Å². The highest BCUT2D eigenvalue weighted by Crippen LogP contribution is 2.16. The highest BCUT2D eigenvalue weighted by Gasteiger charge is 2.04. The topological polar surface area (TPSA) is 29.5 Å². The molecule has 0 fully saturated rings. The minimum atomic E-state index is -0.0257. The maximum absolute atomic E-state index is 11.4. The van der Waals surface area contributed by atoms with E-state index in [1.54, 1.807) is 30.2 Å². The van der Waals surface area contributed by atoms with E-state index in [4.69, 9.17) is 16.3 Å². The summed E-state index contributed by atoms with van der Waals surface area (Å²) in [5.74, 6) is 0.687. The predicted molar refractivity (Wildman–Crippen MR) is 69.4 cm³/mol. The summed E-state index contributed by atoms with van der Waals surface area (Å²) < 4.78 is 5.48. The van der Waals surface area contributed by atoms with Gasteiger partial charge >= 0.3 is 0 Å². The van der Waals surface area contributed by atoms with Crippen LogP contribution >= 0.6 is 11.6 Å². The van der Waals surface area contributed by atoms with Crippen LogP contribution in [0.2, 0.25) is 5.02 Å². The summed E-state index contributed by atoms with van der Waals surface area (Å²) >= 11 is 5.82. The van der Waals surface area contributed by atoms with E-state index in [1.165, 1.54) is 6.08 Å². The highest BCUT2D eigenvalue weighted by atomic mass is 35.5. The molecule has 17 heavy (non-hydrogen) atoms. The zero-order valence-corrected chi connectivity index (χ0v) is 10.8. The Kier molecular flexibility index (Phi) is 5.57. The molecular formula is C13H16ClNO2. The first kappa shape index (κ1) is 13.6. The second-order valence-electron chi connectivity index (χ2n) is 3.57. The van der Waals surface area contributed by atoms with Gasteiger partial charge in [-0.1, -0.05) is 23.7 Å². The fourth-order valence-electron chi connectivity index (χ4n) is 1.24.